The molecule has 2 aromatic carbocycles. The van der Waals surface area contributed by atoms with Crippen molar-refractivity contribution >= 4 is 35.3 Å². The van der Waals surface area contributed by atoms with Crippen LogP contribution in [0.5, 0.6) is 5.75 Å². The Morgan fingerprint density at radius 2 is 1.91 bits per heavy atom. The fourth-order valence-electron chi connectivity index (χ4n) is 1.79. The Morgan fingerprint density at radius 1 is 1.18 bits per heavy atom. The van der Waals surface area contributed by atoms with Crippen molar-refractivity contribution in [1.29, 1.82) is 0 Å². The van der Waals surface area contributed by atoms with E-state index < -0.39 is 6.03 Å². The van der Waals surface area contributed by atoms with Crippen LogP contribution in [0.1, 0.15) is 5.56 Å². The van der Waals surface area contributed by atoms with Gasteiger partial charge >= 0.3 is 6.03 Å². The zero-order chi connectivity index (χ0) is 15.9. The number of hydrogen-bond acceptors (Lipinski definition) is 3. The van der Waals surface area contributed by atoms with Crippen LogP contribution >= 0.6 is 11.6 Å². The van der Waals surface area contributed by atoms with Crippen LogP contribution in [-0.4, -0.2) is 18.9 Å². The Kier molecular flexibility index (Phi) is 5.38. The SMILES string of the molecule is Cc1ccccc1NC(=O)Nc1ccc(OC[C]=O)cc1Cl. The van der Waals surface area contributed by atoms with Crippen LogP contribution in [0.15, 0.2) is 42.5 Å². The Labute approximate surface area is 133 Å². The normalized spacial score (nSPS) is 9.91. The van der Waals surface area contributed by atoms with E-state index in [1.54, 1.807) is 18.4 Å². The van der Waals surface area contributed by atoms with Crippen LogP contribution in [0.3, 0.4) is 0 Å². The minimum absolute atomic E-state index is 0.170. The van der Waals surface area contributed by atoms with Crippen molar-refractivity contribution in [3.8, 4) is 5.75 Å². The first-order chi connectivity index (χ1) is 10.6. The second kappa shape index (κ2) is 7.47. The van der Waals surface area contributed by atoms with Crippen LogP contribution in [0.25, 0.3) is 0 Å². The molecular formula is C16H14ClN2O3. The first-order valence-electron chi connectivity index (χ1n) is 6.51. The first-order valence-corrected chi connectivity index (χ1v) is 6.89. The lowest BCUT2D eigenvalue weighted by Gasteiger charge is -2.11. The zero-order valence-electron chi connectivity index (χ0n) is 11.9. The van der Waals surface area contributed by atoms with Crippen molar-refractivity contribution in [2.75, 3.05) is 17.2 Å². The van der Waals surface area contributed by atoms with E-state index in [0.717, 1.165) is 11.3 Å². The van der Waals surface area contributed by atoms with E-state index in [1.165, 1.54) is 6.07 Å². The van der Waals surface area contributed by atoms with Gasteiger partial charge in [0, 0.05) is 11.8 Å². The van der Waals surface area contributed by atoms with E-state index in [4.69, 9.17) is 16.3 Å². The molecule has 1 radical (unpaired) electrons. The minimum Gasteiger partial charge on any atom is -0.485 e. The summed E-state index contributed by atoms with van der Waals surface area (Å²) in [5.74, 6) is 0.429. The van der Waals surface area contributed by atoms with Crippen molar-refractivity contribution < 1.29 is 14.3 Å². The number of benzene rings is 2. The molecule has 5 nitrogen and oxygen atoms in total. The maximum absolute atomic E-state index is 12.0. The molecule has 2 aromatic rings. The Morgan fingerprint density at radius 3 is 2.59 bits per heavy atom. The number of amides is 2. The standard InChI is InChI=1S/C16H14ClN2O3/c1-11-4-2-3-5-14(11)18-16(21)19-15-7-6-12(10-13(15)17)22-9-8-20/h2-7,10H,9H2,1H3,(H2,18,19,21). The second-order valence-corrected chi connectivity index (χ2v) is 4.88. The molecule has 0 aliphatic rings. The van der Waals surface area contributed by atoms with Gasteiger partial charge in [0.2, 0.25) is 6.29 Å². The van der Waals surface area contributed by atoms with Crippen LogP contribution in [0.4, 0.5) is 16.2 Å². The first kappa shape index (κ1) is 15.9. The molecule has 6 heteroatoms. The van der Waals surface area contributed by atoms with Crippen molar-refractivity contribution in [1.82, 2.24) is 0 Å². The van der Waals surface area contributed by atoms with E-state index >= 15 is 0 Å². The van der Waals surface area contributed by atoms with Gasteiger partial charge in [0.15, 0.2) is 6.61 Å². The number of urea groups is 1. The Hall–Kier alpha value is -2.53. The molecule has 0 aromatic heterocycles. The zero-order valence-corrected chi connectivity index (χ0v) is 12.6. The quantitative estimate of drug-likeness (QED) is 0.881. The Balaban J connectivity index is 2.02. The summed E-state index contributed by atoms with van der Waals surface area (Å²) in [6.07, 6.45) is 1.62. The lowest BCUT2D eigenvalue weighted by atomic mass is 10.2. The second-order valence-electron chi connectivity index (χ2n) is 4.47. The van der Waals surface area contributed by atoms with E-state index in [0.29, 0.717) is 16.5 Å². The smallest absolute Gasteiger partial charge is 0.323 e. The number of carbonyl (C=O) groups excluding carboxylic acids is 2. The molecule has 0 aliphatic carbocycles. The monoisotopic (exact) mass is 317 g/mol. The number of nitrogens with one attached hydrogen (secondary N) is 2. The van der Waals surface area contributed by atoms with Gasteiger partial charge in [0.1, 0.15) is 5.75 Å². The summed E-state index contributed by atoms with van der Waals surface area (Å²) in [4.78, 5) is 22.1. The van der Waals surface area contributed by atoms with E-state index in [-0.39, 0.29) is 6.61 Å². The summed E-state index contributed by atoms with van der Waals surface area (Å²) < 4.78 is 5.07. The summed E-state index contributed by atoms with van der Waals surface area (Å²) in [7, 11) is 0. The average molecular weight is 318 g/mol. The molecule has 2 amide bonds. The van der Waals surface area contributed by atoms with Crippen LogP contribution in [0, 0.1) is 6.92 Å². The van der Waals surface area contributed by atoms with Crippen LogP contribution < -0.4 is 15.4 Å². The summed E-state index contributed by atoms with van der Waals surface area (Å²) in [5.41, 5.74) is 2.12. The van der Waals surface area contributed by atoms with Gasteiger partial charge in [0.25, 0.3) is 0 Å². The predicted molar refractivity (Wildman–Crippen MR) is 86.5 cm³/mol. The number of hydrogen-bond donors (Lipinski definition) is 2. The molecule has 0 atom stereocenters. The summed E-state index contributed by atoms with van der Waals surface area (Å²) in [6.45, 7) is 1.73. The molecule has 2 rings (SSSR count). The number of halogens is 1. The van der Waals surface area contributed by atoms with Crippen LogP contribution in [-0.2, 0) is 4.79 Å². The molecule has 0 fully saturated rings. The molecular weight excluding hydrogens is 304 g/mol. The van der Waals surface area contributed by atoms with E-state index in [9.17, 15) is 9.59 Å². The van der Waals surface area contributed by atoms with Gasteiger partial charge in [-0.3, -0.25) is 4.79 Å². The molecule has 0 saturated heterocycles. The molecule has 0 unspecified atom stereocenters. The lowest BCUT2D eigenvalue weighted by molar-refractivity contribution is 0.262. The molecule has 2 N–H and O–H groups in total. The van der Waals surface area contributed by atoms with Gasteiger partial charge in [-0.05, 0) is 30.7 Å². The van der Waals surface area contributed by atoms with Gasteiger partial charge in [-0.1, -0.05) is 29.8 Å². The van der Waals surface area contributed by atoms with Crippen molar-refractivity contribution in [3.63, 3.8) is 0 Å². The molecule has 0 spiro atoms. The lowest BCUT2D eigenvalue weighted by Crippen LogP contribution is -2.20. The van der Waals surface area contributed by atoms with Crippen molar-refractivity contribution in [2.45, 2.75) is 6.92 Å². The molecule has 22 heavy (non-hydrogen) atoms. The maximum atomic E-state index is 12.0. The van der Waals surface area contributed by atoms with Crippen molar-refractivity contribution in [3.05, 3.63) is 53.1 Å². The highest BCUT2D eigenvalue weighted by Gasteiger charge is 2.08. The minimum atomic E-state index is -0.397. The maximum Gasteiger partial charge on any atom is 0.323 e. The summed E-state index contributed by atoms with van der Waals surface area (Å²) in [6, 6.07) is 11.8. The number of ether oxygens (including phenoxy) is 1. The summed E-state index contributed by atoms with van der Waals surface area (Å²) in [5, 5.41) is 5.71. The third kappa shape index (κ3) is 4.23. The Bertz CT molecular complexity index is 689. The fraction of sp³-hybridized carbons (Fsp3) is 0.125. The number of anilines is 2. The number of carbonyl (C=O) groups is 1. The average Bonchev–Trinajstić information content (AvgIpc) is 2.50. The third-order valence-electron chi connectivity index (χ3n) is 2.88. The number of aryl methyl sites for hydroxylation is 1. The largest absolute Gasteiger partial charge is 0.485 e. The van der Waals surface area contributed by atoms with Crippen LogP contribution in [0.2, 0.25) is 5.02 Å². The van der Waals surface area contributed by atoms with Gasteiger partial charge in [-0.2, -0.15) is 0 Å². The highest BCUT2D eigenvalue weighted by atomic mass is 35.5. The molecule has 0 saturated carbocycles. The highest BCUT2D eigenvalue weighted by molar-refractivity contribution is 6.34. The third-order valence-corrected chi connectivity index (χ3v) is 3.19. The van der Waals surface area contributed by atoms with Gasteiger partial charge in [-0.25, -0.2) is 4.79 Å². The van der Waals surface area contributed by atoms with E-state index in [1.807, 2.05) is 31.2 Å². The van der Waals surface area contributed by atoms with E-state index in [2.05, 4.69) is 10.6 Å². The molecule has 0 aliphatic heterocycles. The van der Waals surface area contributed by atoms with Gasteiger partial charge in [0.05, 0.1) is 10.7 Å². The topological polar surface area (TPSA) is 67.4 Å². The molecule has 0 bridgehead atoms. The number of rotatable bonds is 5. The molecule has 113 valence electrons. The molecule has 0 heterocycles. The fourth-order valence-corrected chi connectivity index (χ4v) is 2.01. The number of para-hydroxylation sites is 1. The highest BCUT2D eigenvalue weighted by Crippen LogP contribution is 2.27. The van der Waals surface area contributed by atoms with Gasteiger partial charge in [-0.15, -0.1) is 0 Å². The van der Waals surface area contributed by atoms with Gasteiger partial charge < -0.3 is 15.4 Å². The van der Waals surface area contributed by atoms with Crippen molar-refractivity contribution in [2.24, 2.45) is 0 Å². The predicted octanol–water partition coefficient (Wildman–Crippen LogP) is 3.78. The summed E-state index contributed by atoms with van der Waals surface area (Å²) >= 11 is 6.07.